The monoisotopic (exact) mass is 548 g/mol. The van der Waals surface area contributed by atoms with Crippen molar-refractivity contribution in [1.29, 1.82) is 0 Å². The van der Waals surface area contributed by atoms with Crippen molar-refractivity contribution in [2.75, 3.05) is 45.9 Å². The molecule has 0 saturated heterocycles. The Labute approximate surface area is 237 Å². The molecular formula is C33H41FN2O4. The van der Waals surface area contributed by atoms with E-state index in [2.05, 4.69) is 29.8 Å². The van der Waals surface area contributed by atoms with E-state index < -0.39 is 0 Å². The molecule has 0 aliphatic heterocycles. The number of rotatable bonds is 12. The molecule has 1 N–H and O–H groups in total. The average Bonchev–Trinajstić information content (AvgIpc) is 3.82. The van der Waals surface area contributed by atoms with E-state index in [1.807, 2.05) is 24.3 Å². The quantitative estimate of drug-likeness (QED) is 0.286. The van der Waals surface area contributed by atoms with Crippen LogP contribution in [0.15, 0.2) is 48.5 Å². The molecule has 1 saturated carbocycles. The summed E-state index contributed by atoms with van der Waals surface area (Å²) >= 11 is 0. The molecule has 5 rings (SSSR count). The van der Waals surface area contributed by atoms with Gasteiger partial charge in [0, 0.05) is 37.4 Å². The van der Waals surface area contributed by atoms with Crippen LogP contribution in [0.1, 0.15) is 54.4 Å². The lowest BCUT2D eigenvalue weighted by Crippen LogP contribution is -2.26. The van der Waals surface area contributed by atoms with E-state index in [1.165, 1.54) is 29.5 Å². The summed E-state index contributed by atoms with van der Waals surface area (Å²) in [6, 6.07) is 15.8. The van der Waals surface area contributed by atoms with Gasteiger partial charge in [-0.05, 0) is 105 Å². The van der Waals surface area contributed by atoms with Crippen molar-refractivity contribution in [2.45, 2.75) is 57.5 Å². The SMILES string of the molecule is CCN(Cc1ccc(OCCN(C)C2CC2)c(F)c1)c1cc(OC)c(OC)cc1C1CCc2cc(O)ccc2C1. The van der Waals surface area contributed by atoms with Gasteiger partial charge in [-0.2, -0.15) is 0 Å². The van der Waals surface area contributed by atoms with Gasteiger partial charge in [-0.25, -0.2) is 4.39 Å². The number of fused-ring (bicyclic) bond motifs is 1. The molecule has 0 amide bonds. The van der Waals surface area contributed by atoms with Crippen molar-refractivity contribution in [3.05, 3.63) is 76.6 Å². The summed E-state index contributed by atoms with van der Waals surface area (Å²) in [5.74, 6) is 1.94. The zero-order chi connectivity index (χ0) is 28.2. The third kappa shape index (κ3) is 6.30. The van der Waals surface area contributed by atoms with Crippen molar-refractivity contribution in [3.63, 3.8) is 0 Å². The molecule has 2 aliphatic carbocycles. The third-order valence-electron chi connectivity index (χ3n) is 8.35. The summed E-state index contributed by atoms with van der Waals surface area (Å²) in [5.41, 5.74) is 5.61. The lowest BCUT2D eigenvalue weighted by molar-refractivity contribution is 0.225. The Hall–Kier alpha value is -3.45. The van der Waals surface area contributed by atoms with Gasteiger partial charge < -0.3 is 29.1 Å². The van der Waals surface area contributed by atoms with Crippen LogP contribution in [0.4, 0.5) is 10.1 Å². The zero-order valence-corrected chi connectivity index (χ0v) is 24.1. The number of aryl methyl sites for hydroxylation is 1. The highest BCUT2D eigenvalue weighted by Gasteiger charge is 2.27. The molecule has 1 atom stereocenters. The maximum atomic E-state index is 15.0. The molecule has 40 heavy (non-hydrogen) atoms. The second-order valence-corrected chi connectivity index (χ2v) is 11.0. The molecule has 6 nitrogen and oxygen atoms in total. The van der Waals surface area contributed by atoms with Crippen LogP contribution in [0.25, 0.3) is 0 Å². The molecule has 0 aromatic heterocycles. The largest absolute Gasteiger partial charge is 0.508 e. The number of hydrogen-bond donors (Lipinski definition) is 1. The average molecular weight is 549 g/mol. The minimum atomic E-state index is -0.331. The van der Waals surface area contributed by atoms with Gasteiger partial charge in [-0.3, -0.25) is 0 Å². The summed E-state index contributed by atoms with van der Waals surface area (Å²) < 4.78 is 32.2. The summed E-state index contributed by atoms with van der Waals surface area (Å²) in [4.78, 5) is 4.55. The van der Waals surface area contributed by atoms with Crippen LogP contribution in [-0.4, -0.2) is 57.0 Å². The smallest absolute Gasteiger partial charge is 0.165 e. The van der Waals surface area contributed by atoms with Crippen LogP contribution < -0.4 is 19.1 Å². The summed E-state index contributed by atoms with van der Waals surface area (Å²) in [6.07, 6.45) is 5.23. The normalized spacial score (nSPS) is 16.5. The Kier molecular flexibility index (Phi) is 8.69. The second kappa shape index (κ2) is 12.4. The molecule has 0 radical (unpaired) electrons. The predicted octanol–water partition coefficient (Wildman–Crippen LogP) is 6.32. The van der Waals surface area contributed by atoms with E-state index in [0.717, 1.165) is 43.6 Å². The lowest BCUT2D eigenvalue weighted by atomic mass is 9.79. The fraction of sp³-hybridized carbons (Fsp3) is 0.455. The fourth-order valence-electron chi connectivity index (χ4n) is 5.84. The first-order chi connectivity index (χ1) is 19.4. The van der Waals surface area contributed by atoms with Crippen molar-refractivity contribution in [1.82, 2.24) is 4.90 Å². The first-order valence-electron chi connectivity index (χ1n) is 14.3. The van der Waals surface area contributed by atoms with Crippen molar-refractivity contribution in [3.8, 4) is 23.0 Å². The zero-order valence-electron chi connectivity index (χ0n) is 24.1. The molecule has 2 aliphatic rings. The molecule has 7 heteroatoms. The number of nitrogens with zero attached hydrogens (tertiary/aromatic N) is 2. The first kappa shape index (κ1) is 28.1. The third-order valence-corrected chi connectivity index (χ3v) is 8.35. The van der Waals surface area contributed by atoms with E-state index in [9.17, 15) is 5.11 Å². The topological polar surface area (TPSA) is 54.4 Å². The number of likely N-dealkylation sites (N-methyl/N-ethyl adjacent to an activating group) is 1. The van der Waals surface area contributed by atoms with Crippen molar-refractivity contribution >= 4 is 5.69 Å². The van der Waals surface area contributed by atoms with E-state index in [0.29, 0.717) is 42.2 Å². The Morgan fingerprint density at radius 1 is 0.925 bits per heavy atom. The minimum Gasteiger partial charge on any atom is -0.508 e. The molecule has 3 aromatic carbocycles. The number of hydrogen-bond acceptors (Lipinski definition) is 6. The number of methoxy groups -OCH3 is 2. The van der Waals surface area contributed by atoms with Crippen LogP contribution in [0.2, 0.25) is 0 Å². The van der Waals surface area contributed by atoms with Crippen LogP contribution in [-0.2, 0) is 19.4 Å². The van der Waals surface area contributed by atoms with Crippen LogP contribution >= 0.6 is 0 Å². The Balaban J connectivity index is 1.37. The van der Waals surface area contributed by atoms with Gasteiger partial charge >= 0.3 is 0 Å². The first-order valence-corrected chi connectivity index (χ1v) is 14.3. The van der Waals surface area contributed by atoms with Gasteiger partial charge in [0.1, 0.15) is 12.4 Å². The van der Waals surface area contributed by atoms with Gasteiger partial charge in [-0.15, -0.1) is 0 Å². The molecule has 0 heterocycles. The van der Waals surface area contributed by atoms with E-state index in [-0.39, 0.29) is 11.7 Å². The van der Waals surface area contributed by atoms with Crippen LogP contribution in [0, 0.1) is 5.82 Å². The van der Waals surface area contributed by atoms with Crippen LogP contribution in [0.3, 0.4) is 0 Å². The molecule has 3 aromatic rings. The highest BCUT2D eigenvalue weighted by atomic mass is 19.1. The van der Waals surface area contributed by atoms with E-state index in [1.54, 1.807) is 32.4 Å². The molecule has 1 fully saturated rings. The summed E-state index contributed by atoms with van der Waals surface area (Å²) in [5, 5.41) is 9.94. The van der Waals surface area contributed by atoms with Crippen LogP contribution in [0.5, 0.6) is 23.0 Å². The number of benzene rings is 3. The number of ether oxygens (including phenoxy) is 3. The Morgan fingerprint density at radius 2 is 1.70 bits per heavy atom. The van der Waals surface area contributed by atoms with Gasteiger partial charge in [0.15, 0.2) is 23.1 Å². The molecule has 0 spiro atoms. The van der Waals surface area contributed by atoms with E-state index >= 15 is 4.39 Å². The molecule has 214 valence electrons. The predicted molar refractivity (Wildman–Crippen MR) is 157 cm³/mol. The standard InChI is InChI=1S/C33H41FN2O4/c1-5-36(21-22-6-13-31(29(34)16-22)40-15-14-35(2)26-10-11-26)30-20-33(39-4)32(38-3)19-28(30)25-8-7-24-18-27(37)12-9-23(24)17-25/h6,9,12-13,16,18-20,25-26,37H,5,7-8,10-11,14-15,17,21H2,1-4H3. The summed E-state index contributed by atoms with van der Waals surface area (Å²) in [7, 11) is 5.41. The van der Waals surface area contributed by atoms with Gasteiger partial charge in [0.2, 0.25) is 0 Å². The lowest BCUT2D eigenvalue weighted by Gasteiger charge is -2.32. The number of phenolic OH excluding ortho intramolecular Hbond substituents is 1. The van der Waals surface area contributed by atoms with Crippen molar-refractivity contribution in [2.24, 2.45) is 0 Å². The number of anilines is 1. The fourth-order valence-corrected chi connectivity index (χ4v) is 5.84. The number of phenols is 1. The molecular weight excluding hydrogens is 507 g/mol. The number of halogens is 1. The van der Waals surface area contributed by atoms with Gasteiger partial charge in [0.25, 0.3) is 0 Å². The number of aromatic hydroxyl groups is 1. The molecule has 1 unspecified atom stereocenters. The van der Waals surface area contributed by atoms with Gasteiger partial charge in [0.05, 0.1) is 14.2 Å². The molecule has 0 bridgehead atoms. The minimum absolute atomic E-state index is 0.280. The van der Waals surface area contributed by atoms with Gasteiger partial charge in [-0.1, -0.05) is 12.1 Å². The highest BCUT2D eigenvalue weighted by Crippen LogP contribution is 2.43. The highest BCUT2D eigenvalue weighted by molar-refractivity contribution is 5.64. The summed E-state index contributed by atoms with van der Waals surface area (Å²) in [6.45, 7) is 4.68. The Bertz CT molecular complexity index is 1330. The Morgan fingerprint density at radius 3 is 2.40 bits per heavy atom. The van der Waals surface area contributed by atoms with Crippen molar-refractivity contribution < 1.29 is 23.7 Å². The van der Waals surface area contributed by atoms with E-state index in [4.69, 9.17) is 14.2 Å². The second-order valence-electron chi connectivity index (χ2n) is 11.0. The maximum absolute atomic E-state index is 15.0. The maximum Gasteiger partial charge on any atom is 0.165 e.